The van der Waals surface area contributed by atoms with E-state index < -0.39 is 27.1 Å². The number of nitrogens with one attached hydrogen (secondary N) is 1. The van der Waals surface area contributed by atoms with E-state index in [-0.39, 0.29) is 17.5 Å². The fourth-order valence-electron chi connectivity index (χ4n) is 3.97. The minimum absolute atomic E-state index is 0.00573. The summed E-state index contributed by atoms with van der Waals surface area (Å²) < 4.78 is 10.7. The number of methoxy groups -OCH3 is 2. The van der Waals surface area contributed by atoms with Crippen LogP contribution in [0.15, 0.2) is 36.4 Å². The van der Waals surface area contributed by atoms with Gasteiger partial charge in [-0.2, -0.15) is 0 Å². The maximum absolute atomic E-state index is 12.9. The second kappa shape index (κ2) is 9.41. The molecule has 0 aliphatic heterocycles. The Balaban J connectivity index is 1.87. The van der Waals surface area contributed by atoms with Crippen molar-refractivity contribution in [1.29, 1.82) is 0 Å². The molecule has 1 amide bonds. The standard InChI is InChI=1S/C21H23N3O7/c1-30-19-8-7-13(11-20(19)31-2)17-5-3-4-6-18(17)22-21(25)14-9-15(23(26)27)12-16(10-14)24(28)29/h7-12,17-18H,3-6H2,1-2H3,(H,22,25)/t17-,18-/m1/s1. The normalized spacial score (nSPS) is 18.1. The van der Waals surface area contributed by atoms with E-state index in [0.717, 1.165) is 49.4 Å². The van der Waals surface area contributed by atoms with Crippen LogP contribution in [0.2, 0.25) is 0 Å². The van der Waals surface area contributed by atoms with Gasteiger partial charge in [-0.15, -0.1) is 0 Å². The van der Waals surface area contributed by atoms with E-state index >= 15 is 0 Å². The number of hydrogen-bond donors (Lipinski definition) is 1. The molecule has 0 aromatic heterocycles. The number of carbonyl (C=O) groups excluding carboxylic acids is 1. The lowest BCUT2D eigenvalue weighted by atomic mass is 9.79. The van der Waals surface area contributed by atoms with Crippen molar-refractivity contribution in [1.82, 2.24) is 5.32 Å². The maximum Gasteiger partial charge on any atom is 0.277 e. The minimum atomic E-state index is -0.753. The molecular formula is C21H23N3O7. The number of ether oxygens (including phenoxy) is 2. The summed E-state index contributed by atoms with van der Waals surface area (Å²) in [5.41, 5.74) is -0.135. The molecule has 0 saturated heterocycles. The Morgan fingerprint density at radius 2 is 1.55 bits per heavy atom. The van der Waals surface area contributed by atoms with Gasteiger partial charge in [0.05, 0.1) is 35.7 Å². The first-order valence-corrected chi connectivity index (χ1v) is 9.80. The molecule has 1 saturated carbocycles. The molecule has 0 unspecified atom stereocenters. The highest BCUT2D eigenvalue weighted by Crippen LogP contribution is 2.37. The summed E-state index contributed by atoms with van der Waals surface area (Å²) in [6, 6.07) is 8.33. The van der Waals surface area contributed by atoms with Gasteiger partial charge < -0.3 is 14.8 Å². The van der Waals surface area contributed by atoms with Crippen LogP contribution in [0.4, 0.5) is 11.4 Å². The van der Waals surface area contributed by atoms with Crippen LogP contribution in [0, 0.1) is 20.2 Å². The molecule has 2 atom stereocenters. The molecule has 1 fully saturated rings. The quantitative estimate of drug-likeness (QED) is 0.520. The molecule has 3 rings (SSSR count). The van der Waals surface area contributed by atoms with Crippen LogP contribution < -0.4 is 14.8 Å². The van der Waals surface area contributed by atoms with Gasteiger partial charge in [0.1, 0.15) is 0 Å². The third-order valence-electron chi connectivity index (χ3n) is 5.50. The lowest BCUT2D eigenvalue weighted by molar-refractivity contribution is -0.394. The fraction of sp³-hybridized carbons (Fsp3) is 0.381. The van der Waals surface area contributed by atoms with Gasteiger partial charge in [-0.3, -0.25) is 25.0 Å². The molecule has 31 heavy (non-hydrogen) atoms. The molecule has 1 aliphatic rings. The Kier molecular flexibility index (Phi) is 6.68. The van der Waals surface area contributed by atoms with E-state index in [4.69, 9.17) is 9.47 Å². The van der Waals surface area contributed by atoms with E-state index in [1.165, 1.54) is 0 Å². The van der Waals surface area contributed by atoms with E-state index in [9.17, 15) is 25.0 Å². The first kappa shape index (κ1) is 22.0. The average Bonchev–Trinajstić information content (AvgIpc) is 2.78. The SMILES string of the molecule is COc1ccc([C@H]2CCCC[C@H]2NC(=O)c2cc([N+](=O)[O-])cc([N+](=O)[O-])c2)cc1OC. The summed E-state index contributed by atoms with van der Waals surface area (Å²) >= 11 is 0. The summed E-state index contributed by atoms with van der Waals surface area (Å²) in [4.78, 5) is 33.6. The Bertz CT molecular complexity index is 976. The number of nitro groups is 2. The van der Waals surface area contributed by atoms with Crippen LogP contribution in [-0.4, -0.2) is 36.0 Å². The van der Waals surface area contributed by atoms with Gasteiger partial charge in [0.2, 0.25) is 0 Å². The van der Waals surface area contributed by atoms with Crippen LogP contribution in [0.3, 0.4) is 0 Å². The Morgan fingerprint density at radius 1 is 0.935 bits per heavy atom. The highest BCUT2D eigenvalue weighted by atomic mass is 16.6. The molecule has 0 heterocycles. The fourth-order valence-corrected chi connectivity index (χ4v) is 3.97. The monoisotopic (exact) mass is 429 g/mol. The third-order valence-corrected chi connectivity index (χ3v) is 5.50. The molecule has 2 aromatic rings. The summed E-state index contributed by atoms with van der Waals surface area (Å²) in [6.45, 7) is 0. The molecule has 10 nitrogen and oxygen atoms in total. The van der Waals surface area contributed by atoms with E-state index in [2.05, 4.69) is 5.32 Å². The van der Waals surface area contributed by atoms with Gasteiger partial charge in [0.15, 0.2) is 11.5 Å². The van der Waals surface area contributed by atoms with E-state index in [1.807, 2.05) is 18.2 Å². The highest BCUT2D eigenvalue weighted by molar-refractivity contribution is 5.95. The largest absolute Gasteiger partial charge is 0.493 e. The van der Waals surface area contributed by atoms with Crippen molar-refractivity contribution in [2.75, 3.05) is 14.2 Å². The molecule has 0 spiro atoms. The maximum atomic E-state index is 12.9. The lowest BCUT2D eigenvalue weighted by Crippen LogP contribution is -2.41. The van der Waals surface area contributed by atoms with E-state index in [1.54, 1.807) is 14.2 Å². The van der Waals surface area contributed by atoms with Crippen molar-refractivity contribution < 1.29 is 24.1 Å². The second-order valence-corrected chi connectivity index (χ2v) is 7.34. The lowest BCUT2D eigenvalue weighted by Gasteiger charge is -2.33. The van der Waals surface area contributed by atoms with Crippen molar-refractivity contribution >= 4 is 17.3 Å². The number of rotatable bonds is 7. The summed E-state index contributed by atoms with van der Waals surface area (Å²) in [5, 5.41) is 25.2. The number of non-ortho nitro benzene ring substituents is 2. The summed E-state index contributed by atoms with van der Waals surface area (Å²) in [7, 11) is 3.11. The minimum Gasteiger partial charge on any atom is -0.493 e. The average molecular weight is 429 g/mol. The number of hydrogen-bond acceptors (Lipinski definition) is 7. The Morgan fingerprint density at radius 3 is 2.13 bits per heavy atom. The van der Waals surface area contributed by atoms with Crippen LogP contribution in [0.1, 0.15) is 47.5 Å². The zero-order chi connectivity index (χ0) is 22.5. The number of nitrogens with zero attached hydrogens (tertiary/aromatic N) is 2. The first-order chi connectivity index (χ1) is 14.8. The highest BCUT2D eigenvalue weighted by Gasteiger charge is 2.30. The van der Waals surface area contributed by atoms with Gasteiger partial charge in [-0.05, 0) is 30.5 Å². The molecule has 164 valence electrons. The number of benzene rings is 2. The van der Waals surface area contributed by atoms with Crippen LogP contribution in [-0.2, 0) is 0 Å². The number of amides is 1. The Labute approximate surface area is 178 Å². The number of nitro benzene ring substituents is 2. The van der Waals surface area contributed by atoms with Crippen molar-refractivity contribution in [3.63, 3.8) is 0 Å². The van der Waals surface area contributed by atoms with E-state index in [0.29, 0.717) is 11.5 Å². The molecule has 0 bridgehead atoms. The van der Waals surface area contributed by atoms with Crippen molar-refractivity contribution in [3.05, 3.63) is 67.8 Å². The summed E-state index contributed by atoms with van der Waals surface area (Å²) in [6.07, 6.45) is 3.48. The zero-order valence-corrected chi connectivity index (χ0v) is 17.2. The van der Waals surface area contributed by atoms with Gasteiger partial charge >= 0.3 is 0 Å². The predicted octanol–water partition coefficient (Wildman–Crippen LogP) is 3.98. The molecule has 10 heteroatoms. The Hall–Kier alpha value is -3.69. The molecule has 1 N–H and O–H groups in total. The van der Waals surface area contributed by atoms with Gasteiger partial charge in [0.25, 0.3) is 17.3 Å². The smallest absolute Gasteiger partial charge is 0.277 e. The zero-order valence-electron chi connectivity index (χ0n) is 17.2. The molecule has 0 radical (unpaired) electrons. The topological polar surface area (TPSA) is 134 Å². The first-order valence-electron chi connectivity index (χ1n) is 9.80. The van der Waals surface area contributed by atoms with Crippen molar-refractivity contribution in [2.24, 2.45) is 0 Å². The van der Waals surface area contributed by atoms with Crippen LogP contribution >= 0.6 is 0 Å². The molecule has 2 aromatic carbocycles. The van der Waals surface area contributed by atoms with Gasteiger partial charge in [-0.25, -0.2) is 0 Å². The second-order valence-electron chi connectivity index (χ2n) is 7.34. The predicted molar refractivity (Wildman–Crippen MR) is 112 cm³/mol. The third kappa shape index (κ3) is 4.90. The van der Waals surface area contributed by atoms with Crippen LogP contribution in [0.5, 0.6) is 11.5 Å². The number of carbonyl (C=O) groups is 1. The van der Waals surface area contributed by atoms with Crippen LogP contribution in [0.25, 0.3) is 0 Å². The van der Waals surface area contributed by atoms with Crippen molar-refractivity contribution in [2.45, 2.75) is 37.6 Å². The molecular weight excluding hydrogens is 406 g/mol. The van der Waals surface area contributed by atoms with Gasteiger partial charge in [0, 0.05) is 24.1 Å². The summed E-state index contributed by atoms with van der Waals surface area (Å²) in [5.74, 6) is 0.617. The van der Waals surface area contributed by atoms with Gasteiger partial charge in [-0.1, -0.05) is 18.9 Å². The molecule has 1 aliphatic carbocycles. The van der Waals surface area contributed by atoms with Crippen molar-refractivity contribution in [3.8, 4) is 11.5 Å².